The monoisotopic (exact) mass is 794 g/mol. The Bertz CT molecular complexity index is 3490. The van der Waals surface area contributed by atoms with E-state index < -0.39 is 0 Å². The SMILES string of the molecule is C=N/C(=C1/C=CC=CC1N1/C=c2\c(n(-c3ccccc3)c3ccccc23)=C/C(=C)/C=C\c2cc(-c3ccc4c5ccccc5n(-c5ccccc5)c4c3)ccc21)c1ccccc1. The van der Waals surface area contributed by atoms with E-state index in [9.17, 15) is 0 Å². The molecule has 0 radical (unpaired) electrons. The Kier molecular flexibility index (Phi) is 9.17. The van der Waals surface area contributed by atoms with Gasteiger partial charge in [0.2, 0.25) is 0 Å². The van der Waals surface area contributed by atoms with E-state index in [0.29, 0.717) is 0 Å². The second-order valence-electron chi connectivity index (χ2n) is 15.8. The van der Waals surface area contributed by atoms with Crippen LogP contribution in [0.3, 0.4) is 0 Å². The molecule has 9 aromatic rings. The van der Waals surface area contributed by atoms with Gasteiger partial charge in [0.05, 0.1) is 33.6 Å². The largest absolute Gasteiger partial charge is 0.336 e. The first kappa shape index (κ1) is 36.8. The number of nitrogens with zero attached hydrogens (tertiary/aromatic N) is 4. The van der Waals surface area contributed by atoms with Gasteiger partial charge in [0.15, 0.2) is 0 Å². The van der Waals surface area contributed by atoms with Gasteiger partial charge in [-0.05, 0) is 89.7 Å². The van der Waals surface area contributed by atoms with Gasteiger partial charge in [-0.3, -0.25) is 4.99 Å². The molecule has 1 aliphatic heterocycles. The highest BCUT2D eigenvalue weighted by Crippen LogP contribution is 2.39. The van der Waals surface area contributed by atoms with Crippen LogP contribution in [-0.2, 0) is 0 Å². The van der Waals surface area contributed by atoms with E-state index in [1.54, 1.807) is 0 Å². The Morgan fingerprint density at radius 3 is 1.89 bits per heavy atom. The number of aliphatic imine (C=N–C) groups is 1. The minimum atomic E-state index is -0.217. The highest BCUT2D eigenvalue weighted by atomic mass is 15.2. The number of fused-ring (bicyclic) bond motifs is 7. The molecule has 0 saturated heterocycles. The minimum absolute atomic E-state index is 0.217. The fraction of sp³-hybridized carbons (Fsp3) is 0.0172. The quantitative estimate of drug-likeness (QED) is 0.154. The van der Waals surface area contributed by atoms with Crippen molar-refractivity contribution in [3.63, 3.8) is 0 Å². The Morgan fingerprint density at radius 2 is 1.15 bits per heavy atom. The number of hydrogen-bond acceptors (Lipinski definition) is 2. The highest BCUT2D eigenvalue weighted by Gasteiger charge is 2.26. The first-order chi connectivity index (χ1) is 30.6. The van der Waals surface area contributed by atoms with Crippen LogP contribution in [0.5, 0.6) is 0 Å². The van der Waals surface area contributed by atoms with Crippen molar-refractivity contribution in [3.8, 4) is 22.5 Å². The lowest BCUT2D eigenvalue weighted by Crippen LogP contribution is -2.37. The van der Waals surface area contributed by atoms with Crippen LogP contribution in [0.4, 0.5) is 5.69 Å². The van der Waals surface area contributed by atoms with Gasteiger partial charge < -0.3 is 14.0 Å². The first-order valence-corrected chi connectivity index (χ1v) is 21.0. The molecule has 1 aliphatic carbocycles. The molecule has 4 heteroatoms. The van der Waals surface area contributed by atoms with Crippen LogP contribution in [0.25, 0.3) is 79.3 Å². The molecule has 0 spiro atoms. The van der Waals surface area contributed by atoms with Crippen LogP contribution in [0.2, 0.25) is 0 Å². The summed E-state index contributed by atoms with van der Waals surface area (Å²) in [5, 5.41) is 5.78. The molecule has 11 rings (SSSR count). The maximum Gasteiger partial charge on any atom is 0.0794 e. The van der Waals surface area contributed by atoms with Crippen LogP contribution >= 0.6 is 0 Å². The minimum Gasteiger partial charge on any atom is -0.336 e. The Labute approximate surface area is 361 Å². The van der Waals surface area contributed by atoms with Crippen molar-refractivity contribution in [1.29, 1.82) is 0 Å². The summed E-state index contributed by atoms with van der Waals surface area (Å²) < 4.78 is 4.73. The first-order valence-electron chi connectivity index (χ1n) is 21.0. The topological polar surface area (TPSA) is 25.5 Å². The van der Waals surface area contributed by atoms with Crippen molar-refractivity contribution in [2.24, 2.45) is 4.99 Å². The molecule has 1 unspecified atom stereocenters. The molecule has 0 bridgehead atoms. The second kappa shape index (κ2) is 15.4. The molecule has 0 fully saturated rings. The molecule has 4 nitrogen and oxygen atoms in total. The van der Waals surface area contributed by atoms with Crippen LogP contribution < -0.4 is 15.5 Å². The normalized spacial score (nSPS) is 17.2. The van der Waals surface area contributed by atoms with E-state index in [1.165, 1.54) is 21.8 Å². The van der Waals surface area contributed by atoms with E-state index in [0.717, 1.165) is 77.6 Å². The smallest absolute Gasteiger partial charge is 0.0794 e. The predicted octanol–water partition coefficient (Wildman–Crippen LogP) is 12.6. The molecule has 3 heterocycles. The zero-order chi connectivity index (χ0) is 41.6. The Balaban J connectivity index is 1.17. The number of anilines is 1. The summed E-state index contributed by atoms with van der Waals surface area (Å²) in [5.74, 6) is 0. The summed E-state index contributed by atoms with van der Waals surface area (Å²) in [5.41, 5.74) is 13.9. The van der Waals surface area contributed by atoms with Gasteiger partial charge >= 0.3 is 0 Å². The number of rotatable bonds is 6. The van der Waals surface area contributed by atoms with Crippen molar-refractivity contribution in [2.75, 3.05) is 4.90 Å². The molecule has 294 valence electrons. The summed E-state index contributed by atoms with van der Waals surface area (Å²) in [4.78, 5) is 7.12. The summed E-state index contributed by atoms with van der Waals surface area (Å²) >= 11 is 0. The fourth-order valence-corrected chi connectivity index (χ4v) is 9.32. The van der Waals surface area contributed by atoms with Crippen molar-refractivity contribution >= 4 is 69.2 Å². The van der Waals surface area contributed by atoms with E-state index >= 15 is 0 Å². The molecule has 7 aromatic carbocycles. The Morgan fingerprint density at radius 1 is 0.532 bits per heavy atom. The fourth-order valence-electron chi connectivity index (χ4n) is 9.32. The zero-order valence-electron chi connectivity index (χ0n) is 34.1. The van der Waals surface area contributed by atoms with Gasteiger partial charge in [0.1, 0.15) is 0 Å². The lowest BCUT2D eigenvalue weighted by Gasteiger charge is -2.33. The molecule has 2 aliphatic rings. The molecule has 62 heavy (non-hydrogen) atoms. The van der Waals surface area contributed by atoms with Crippen LogP contribution in [0.1, 0.15) is 11.1 Å². The number of benzene rings is 7. The molecule has 0 amide bonds. The molecule has 0 N–H and O–H groups in total. The average molecular weight is 795 g/mol. The lowest BCUT2D eigenvalue weighted by atomic mass is 9.93. The number of hydrogen-bond donors (Lipinski definition) is 0. The number of allylic oxidation sites excluding steroid dienone is 4. The highest BCUT2D eigenvalue weighted by molar-refractivity contribution is 6.10. The van der Waals surface area contributed by atoms with E-state index in [-0.39, 0.29) is 6.04 Å². The van der Waals surface area contributed by atoms with Gasteiger partial charge in [-0.15, -0.1) is 0 Å². The van der Waals surface area contributed by atoms with E-state index in [1.807, 2.05) is 6.07 Å². The molecular weight excluding hydrogens is 753 g/mol. The van der Waals surface area contributed by atoms with Crippen LogP contribution in [0.15, 0.2) is 229 Å². The standard InChI is InChI=1S/C58H42N4/c1-40-30-31-44-37-42(43-32-34-49-47-24-12-16-28-54(47)62(57(49)38-43)46-22-10-5-11-23-46)33-35-52(44)60(53-27-15-14-26-50(53)58(59-2)41-18-6-3-7-19-41)39-51-48-25-13-17-29-55(48)61(56(51)36-40)45-20-8-4-9-21-45/h3-39,53H,1-2H2/b31-30-,51-39-,56-36+,58-50-. The maximum absolute atomic E-state index is 4.70. The van der Waals surface area contributed by atoms with Gasteiger partial charge in [-0.2, -0.15) is 0 Å². The van der Waals surface area contributed by atoms with Crippen molar-refractivity contribution in [3.05, 3.63) is 246 Å². The summed E-state index contributed by atoms with van der Waals surface area (Å²) in [6.07, 6.45) is 17.6. The maximum atomic E-state index is 4.70. The molecular formula is C58H42N4. The molecule has 1 atom stereocenters. The van der Waals surface area contributed by atoms with E-state index in [4.69, 9.17) is 4.99 Å². The third-order valence-corrected chi connectivity index (χ3v) is 12.1. The Hall–Kier alpha value is -8.21. The summed E-state index contributed by atoms with van der Waals surface area (Å²) in [6, 6.07) is 62.5. The lowest BCUT2D eigenvalue weighted by molar-refractivity contribution is 0.920. The third-order valence-electron chi connectivity index (χ3n) is 12.1. The van der Waals surface area contributed by atoms with Gasteiger partial charge in [-0.25, -0.2) is 0 Å². The third kappa shape index (κ3) is 6.29. The second-order valence-corrected chi connectivity index (χ2v) is 15.8. The van der Waals surface area contributed by atoms with Crippen LogP contribution in [0, 0.1) is 0 Å². The summed E-state index contributed by atoms with van der Waals surface area (Å²) in [7, 11) is 0. The average Bonchev–Trinajstić information content (AvgIpc) is 3.82. The number of para-hydroxylation sites is 4. The molecule has 2 aromatic heterocycles. The van der Waals surface area contributed by atoms with Gasteiger partial charge in [0.25, 0.3) is 0 Å². The molecule has 0 saturated carbocycles. The van der Waals surface area contributed by atoms with Crippen molar-refractivity contribution in [1.82, 2.24) is 9.13 Å². The number of aromatic nitrogens is 2. The van der Waals surface area contributed by atoms with Crippen molar-refractivity contribution < 1.29 is 0 Å². The van der Waals surface area contributed by atoms with Crippen LogP contribution in [-0.4, -0.2) is 21.9 Å². The zero-order valence-corrected chi connectivity index (χ0v) is 34.1. The van der Waals surface area contributed by atoms with Gasteiger partial charge in [-0.1, -0.05) is 164 Å². The summed E-state index contributed by atoms with van der Waals surface area (Å²) in [6.45, 7) is 8.69. The van der Waals surface area contributed by atoms with E-state index in [2.05, 4.69) is 246 Å². The predicted molar refractivity (Wildman–Crippen MR) is 263 cm³/mol. The van der Waals surface area contributed by atoms with Gasteiger partial charge in [0, 0.05) is 55.8 Å². The van der Waals surface area contributed by atoms with Crippen molar-refractivity contribution in [2.45, 2.75) is 6.04 Å².